The molecule has 1 aromatic carbocycles. The predicted octanol–water partition coefficient (Wildman–Crippen LogP) is 4.26. The summed E-state index contributed by atoms with van der Waals surface area (Å²) in [4.78, 5) is 4.58. The molecule has 0 saturated heterocycles. The van der Waals surface area contributed by atoms with Crippen molar-refractivity contribution in [2.24, 2.45) is 11.7 Å². The molecule has 2 aromatic heterocycles. The summed E-state index contributed by atoms with van der Waals surface area (Å²) in [5, 5.41) is 18.9. The fourth-order valence-corrected chi connectivity index (χ4v) is 4.05. The van der Waals surface area contributed by atoms with Crippen molar-refractivity contribution < 1.29 is 14.2 Å². The third-order valence-corrected chi connectivity index (χ3v) is 5.55. The maximum atomic E-state index is 14.5. The molecule has 0 amide bonds. The minimum Gasteiger partial charge on any atom is -0.489 e. The van der Waals surface area contributed by atoms with E-state index in [2.05, 4.69) is 29.0 Å². The van der Waals surface area contributed by atoms with E-state index in [1.54, 1.807) is 0 Å². The molecule has 0 bridgehead atoms. The number of pyridine rings is 1. The third kappa shape index (κ3) is 5.51. The smallest absolute Gasteiger partial charge is 0.165 e. The highest BCUT2D eigenvalue weighted by Crippen LogP contribution is 2.37. The van der Waals surface area contributed by atoms with E-state index in [-0.39, 0.29) is 24.0 Å². The van der Waals surface area contributed by atoms with E-state index in [1.165, 1.54) is 23.5 Å². The second-order valence-corrected chi connectivity index (χ2v) is 8.90. The van der Waals surface area contributed by atoms with Crippen LogP contribution in [0.15, 0.2) is 24.3 Å². The number of aromatic nitrogens is 3. The van der Waals surface area contributed by atoms with E-state index in [4.69, 9.17) is 27.2 Å². The Hall–Kier alpha value is -2.13. The number of hydrogen-bond donors (Lipinski definition) is 2. The van der Waals surface area contributed by atoms with Crippen LogP contribution in [0, 0.1) is 18.7 Å². The Labute approximate surface area is 183 Å². The summed E-state index contributed by atoms with van der Waals surface area (Å²) in [5.74, 6) is -0.123. The van der Waals surface area contributed by atoms with Gasteiger partial charge in [0.25, 0.3) is 0 Å². The first-order valence-corrected chi connectivity index (χ1v) is 10.8. The molecule has 0 aliphatic heterocycles. The molecule has 3 rings (SSSR count). The van der Waals surface area contributed by atoms with Crippen LogP contribution >= 0.6 is 22.9 Å². The van der Waals surface area contributed by atoms with Crippen molar-refractivity contribution >= 4 is 22.9 Å². The van der Waals surface area contributed by atoms with Gasteiger partial charge in [0.2, 0.25) is 0 Å². The predicted molar refractivity (Wildman–Crippen MR) is 117 cm³/mol. The number of halogens is 2. The van der Waals surface area contributed by atoms with Crippen molar-refractivity contribution in [1.29, 1.82) is 0 Å². The molecule has 0 fully saturated rings. The van der Waals surface area contributed by atoms with Crippen LogP contribution in [0.3, 0.4) is 0 Å². The summed E-state index contributed by atoms with van der Waals surface area (Å²) >= 11 is 7.68. The summed E-state index contributed by atoms with van der Waals surface area (Å²) in [6.45, 7) is 5.96. The van der Waals surface area contributed by atoms with Gasteiger partial charge in [0.05, 0.1) is 17.7 Å². The van der Waals surface area contributed by atoms with Crippen LogP contribution in [0.5, 0.6) is 5.75 Å². The molecular formula is C21H24ClFN4O2S. The highest BCUT2D eigenvalue weighted by Gasteiger charge is 2.17. The van der Waals surface area contributed by atoms with Gasteiger partial charge in [-0.1, -0.05) is 36.8 Å². The lowest BCUT2D eigenvalue weighted by Crippen LogP contribution is -2.31. The van der Waals surface area contributed by atoms with Crippen molar-refractivity contribution in [2.75, 3.05) is 13.2 Å². The minimum absolute atomic E-state index is 0.0217. The first-order chi connectivity index (χ1) is 14.3. The standard InChI is InChI=1S/C21H24ClFN4O2S/c1-11(2)4-15-6-13(5-12(3)25-15)20-26-27-21(30-20)16-7-18(23)19(8-17(16)22)29-10-14(24)9-28/h5-8,11,14,28H,4,9-10,24H2,1-3H3/t14-/m1/s1. The van der Waals surface area contributed by atoms with Crippen LogP contribution in [0.25, 0.3) is 21.1 Å². The lowest BCUT2D eigenvalue weighted by Gasteiger charge is -2.12. The first-order valence-electron chi connectivity index (χ1n) is 9.57. The Morgan fingerprint density at radius 1 is 1.20 bits per heavy atom. The Bertz CT molecular complexity index is 1030. The quantitative estimate of drug-likeness (QED) is 0.532. The topological polar surface area (TPSA) is 94.2 Å². The van der Waals surface area contributed by atoms with Crippen LogP contribution in [0.1, 0.15) is 25.2 Å². The molecule has 0 saturated carbocycles. The Balaban J connectivity index is 1.87. The summed E-state index contributed by atoms with van der Waals surface area (Å²) < 4.78 is 19.8. The molecule has 3 N–H and O–H groups in total. The number of hydrogen-bond acceptors (Lipinski definition) is 7. The second kappa shape index (κ2) is 9.78. The molecule has 30 heavy (non-hydrogen) atoms. The molecule has 6 nitrogen and oxygen atoms in total. The highest BCUT2D eigenvalue weighted by atomic mass is 35.5. The van der Waals surface area contributed by atoms with Crippen LogP contribution < -0.4 is 10.5 Å². The molecule has 0 radical (unpaired) electrons. The number of ether oxygens (including phenoxy) is 1. The van der Waals surface area contributed by atoms with Crippen molar-refractivity contribution in [3.05, 3.63) is 46.5 Å². The monoisotopic (exact) mass is 450 g/mol. The first kappa shape index (κ1) is 22.6. The number of aliphatic hydroxyl groups is 1. The average molecular weight is 451 g/mol. The van der Waals surface area contributed by atoms with E-state index < -0.39 is 11.9 Å². The lowest BCUT2D eigenvalue weighted by molar-refractivity contribution is 0.202. The van der Waals surface area contributed by atoms with Gasteiger partial charge >= 0.3 is 0 Å². The second-order valence-electron chi connectivity index (χ2n) is 7.52. The van der Waals surface area contributed by atoms with Crippen molar-refractivity contribution in [1.82, 2.24) is 15.2 Å². The van der Waals surface area contributed by atoms with Gasteiger partial charge in [-0.15, -0.1) is 10.2 Å². The van der Waals surface area contributed by atoms with Gasteiger partial charge in [-0.3, -0.25) is 4.98 Å². The van der Waals surface area contributed by atoms with Gasteiger partial charge in [0.1, 0.15) is 16.6 Å². The molecule has 2 heterocycles. The molecular weight excluding hydrogens is 427 g/mol. The highest BCUT2D eigenvalue weighted by molar-refractivity contribution is 7.18. The fraction of sp³-hybridized carbons (Fsp3) is 0.381. The normalized spacial score (nSPS) is 12.4. The average Bonchev–Trinajstić information content (AvgIpc) is 3.17. The van der Waals surface area contributed by atoms with Crippen LogP contribution in [0.2, 0.25) is 5.02 Å². The Morgan fingerprint density at radius 3 is 2.63 bits per heavy atom. The van der Waals surface area contributed by atoms with E-state index in [1.807, 2.05) is 19.1 Å². The van der Waals surface area contributed by atoms with Gasteiger partial charge in [0.15, 0.2) is 11.6 Å². The molecule has 0 aliphatic rings. The van der Waals surface area contributed by atoms with Crippen molar-refractivity contribution in [2.45, 2.75) is 33.2 Å². The zero-order valence-electron chi connectivity index (χ0n) is 17.0. The lowest BCUT2D eigenvalue weighted by atomic mass is 10.1. The molecule has 9 heteroatoms. The maximum Gasteiger partial charge on any atom is 0.165 e. The van der Waals surface area contributed by atoms with Gasteiger partial charge in [-0.05, 0) is 37.5 Å². The fourth-order valence-electron chi connectivity index (χ4n) is 2.88. The molecule has 1 atom stereocenters. The number of nitrogens with two attached hydrogens (primary N) is 1. The van der Waals surface area contributed by atoms with Crippen LogP contribution in [-0.4, -0.2) is 39.5 Å². The molecule has 160 valence electrons. The van der Waals surface area contributed by atoms with E-state index in [0.717, 1.165) is 23.4 Å². The number of aliphatic hydroxyl groups excluding tert-OH is 1. The Morgan fingerprint density at radius 2 is 1.93 bits per heavy atom. The molecule has 3 aromatic rings. The zero-order chi connectivity index (χ0) is 21.8. The Kier molecular flexibility index (Phi) is 7.36. The number of nitrogens with zero attached hydrogens (tertiary/aromatic N) is 3. The van der Waals surface area contributed by atoms with Crippen molar-refractivity contribution in [3.8, 4) is 26.9 Å². The number of aryl methyl sites for hydroxylation is 1. The minimum atomic E-state index is -0.599. The number of benzene rings is 1. The van der Waals surface area contributed by atoms with Crippen LogP contribution in [0.4, 0.5) is 4.39 Å². The summed E-state index contributed by atoms with van der Waals surface area (Å²) in [7, 11) is 0. The van der Waals surface area contributed by atoms with Crippen LogP contribution in [-0.2, 0) is 6.42 Å². The van der Waals surface area contributed by atoms with E-state index >= 15 is 0 Å². The summed E-state index contributed by atoms with van der Waals surface area (Å²) in [5.41, 5.74) is 8.86. The van der Waals surface area contributed by atoms with Gasteiger partial charge < -0.3 is 15.6 Å². The van der Waals surface area contributed by atoms with Gasteiger partial charge in [-0.2, -0.15) is 0 Å². The number of rotatable bonds is 8. The van der Waals surface area contributed by atoms with E-state index in [0.29, 0.717) is 21.5 Å². The summed E-state index contributed by atoms with van der Waals surface area (Å²) in [6, 6.07) is 6.03. The molecule has 0 unspecified atom stereocenters. The molecule has 0 spiro atoms. The van der Waals surface area contributed by atoms with E-state index in [9.17, 15) is 4.39 Å². The summed E-state index contributed by atoms with van der Waals surface area (Å²) in [6.07, 6.45) is 0.874. The largest absolute Gasteiger partial charge is 0.489 e. The van der Waals surface area contributed by atoms with Gasteiger partial charge in [0, 0.05) is 28.6 Å². The third-order valence-electron chi connectivity index (χ3n) is 4.24. The van der Waals surface area contributed by atoms with Gasteiger partial charge in [-0.25, -0.2) is 4.39 Å². The SMILES string of the molecule is Cc1cc(-c2nnc(-c3cc(F)c(OC[C@H](N)CO)cc3Cl)s2)cc(CC(C)C)n1. The molecule has 0 aliphatic carbocycles. The zero-order valence-corrected chi connectivity index (χ0v) is 18.6. The van der Waals surface area contributed by atoms with Crippen molar-refractivity contribution in [3.63, 3.8) is 0 Å². The maximum absolute atomic E-state index is 14.5.